The standard InChI is InChI=1S/C17H14N4O.C2H6.CH3F.2H2/c1-11-6-12-4-5-18-15(12)7-14(11)13-2-3-17-20-16(19-10-22)9-21(17)8-13;2*1-2;;/h2-10,18H,1H3,(H,19,22);1-2H3;1H3;2*1H. The number of alkyl halides is 1. The van der Waals surface area contributed by atoms with Gasteiger partial charge in [0.05, 0.1) is 13.4 Å². The van der Waals surface area contributed by atoms with E-state index in [1.165, 1.54) is 16.5 Å². The van der Waals surface area contributed by atoms with Crippen molar-refractivity contribution < 1.29 is 12.0 Å². The van der Waals surface area contributed by atoms with E-state index in [2.05, 4.69) is 40.4 Å². The highest BCUT2D eigenvalue weighted by molar-refractivity contribution is 5.86. The second-order valence-corrected chi connectivity index (χ2v) is 5.30. The van der Waals surface area contributed by atoms with Crippen LogP contribution < -0.4 is 5.32 Å². The summed E-state index contributed by atoms with van der Waals surface area (Å²) in [6.07, 6.45) is 6.40. The van der Waals surface area contributed by atoms with Crippen LogP contribution in [0.4, 0.5) is 10.2 Å². The number of aromatic amines is 1. The fraction of sp³-hybridized carbons (Fsp3) is 0.200. The van der Waals surface area contributed by atoms with Crippen molar-refractivity contribution in [2.75, 3.05) is 12.5 Å². The predicted octanol–water partition coefficient (Wildman–Crippen LogP) is 5.46. The number of benzene rings is 1. The lowest BCUT2D eigenvalue weighted by Crippen LogP contribution is -1.92. The first-order valence-corrected chi connectivity index (χ1v) is 8.39. The minimum atomic E-state index is 0. The number of imidazole rings is 1. The third-order valence-corrected chi connectivity index (χ3v) is 3.87. The zero-order chi connectivity index (χ0) is 19.1. The molecule has 140 valence electrons. The van der Waals surface area contributed by atoms with Crippen LogP contribution in [0.5, 0.6) is 0 Å². The lowest BCUT2D eigenvalue weighted by molar-refractivity contribution is -0.105. The molecule has 0 saturated carbocycles. The number of carbonyl (C=O) groups is 1. The number of pyridine rings is 1. The van der Waals surface area contributed by atoms with Crippen LogP contribution in [0.2, 0.25) is 0 Å². The molecule has 0 saturated heterocycles. The number of hydrogen-bond donors (Lipinski definition) is 2. The second-order valence-electron chi connectivity index (χ2n) is 5.30. The molecule has 26 heavy (non-hydrogen) atoms. The second kappa shape index (κ2) is 8.80. The molecular weight excluding hydrogens is 331 g/mol. The van der Waals surface area contributed by atoms with Crippen molar-refractivity contribution in [1.29, 1.82) is 0 Å². The number of halogens is 1. The van der Waals surface area contributed by atoms with Crippen molar-refractivity contribution in [3.05, 3.63) is 54.5 Å². The van der Waals surface area contributed by atoms with Crippen molar-refractivity contribution in [1.82, 2.24) is 14.4 Å². The molecule has 0 bridgehead atoms. The van der Waals surface area contributed by atoms with Crippen molar-refractivity contribution in [3.63, 3.8) is 0 Å². The molecule has 0 radical (unpaired) electrons. The van der Waals surface area contributed by atoms with E-state index in [1.807, 2.05) is 42.8 Å². The number of rotatable bonds is 3. The molecule has 3 heterocycles. The first-order valence-electron chi connectivity index (χ1n) is 8.39. The largest absolute Gasteiger partial charge is 0.361 e. The van der Waals surface area contributed by atoms with Crippen LogP contribution in [0.15, 0.2) is 48.9 Å². The molecule has 0 unspecified atom stereocenters. The number of aromatic nitrogens is 3. The van der Waals surface area contributed by atoms with E-state index < -0.39 is 0 Å². The van der Waals surface area contributed by atoms with E-state index in [4.69, 9.17) is 0 Å². The summed E-state index contributed by atoms with van der Waals surface area (Å²) in [5.41, 5.74) is 5.42. The van der Waals surface area contributed by atoms with Gasteiger partial charge in [-0.3, -0.25) is 9.18 Å². The lowest BCUT2D eigenvalue weighted by Gasteiger charge is -2.07. The fourth-order valence-electron chi connectivity index (χ4n) is 2.81. The maximum Gasteiger partial charge on any atom is 0.212 e. The summed E-state index contributed by atoms with van der Waals surface area (Å²) in [5.74, 6) is 0.545. The highest BCUT2D eigenvalue weighted by Gasteiger charge is 2.07. The molecular formula is C20H27FN4O. The van der Waals surface area contributed by atoms with E-state index in [9.17, 15) is 9.18 Å². The van der Waals surface area contributed by atoms with E-state index in [-0.39, 0.29) is 2.85 Å². The number of fused-ring (bicyclic) bond motifs is 2. The SMILES string of the molecule is CC.CF.Cc1cc2cc[nH]c2cc1-c1ccc2nc(NC=O)cn2c1.[HH].[HH]. The van der Waals surface area contributed by atoms with Gasteiger partial charge in [0.25, 0.3) is 0 Å². The van der Waals surface area contributed by atoms with Crippen LogP contribution in [0.1, 0.15) is 22.3 Å². The van der Waals surface area contributed by atoms with Gasteiger partial charge in [0.15, 0.2) is 5.82 Å². The van der Waals surface area contributed by atoms with E-state index >= 15 is 0 Å². The van der Waals surface area contributed by atoms with Gasteiger partial charge in [0.1, 0.15) is 5.65 Å². The molecule has 1 amide bonds. The molecule has 4 rings (SSSR count). The van der Waals surface area contributed by atoms with Crippen molar-refractivity contribution in [3.8, 4) is 11.1 Å². The Hall–Kier alpha value is -3.15. The molecule has 0 atom stereocenters. The summed E-state index contributed by atoms with van der Waals surface area (Å²) >= 11 is 0. The summed E-state index contributed by atoms with van der Waals surface area (Å²) in [4.78, 5) is 18.1. The number of aryl methyl sites for hydroxylation is 1. The normalized spacial score (nSPS) is 9.88. The van der Waals surface area contributed by atoms with Crippen molar-refractivity contribution >= 4 is 28.8 Å². The van der Waals surface area contributed by atoms with Gasteiger partial charge in [-0.15, -0.1) is 0 Å². The van der Waals surface area contributed by atoms with E-state index in [1.54, 1.807) is 6.20 Å². The van der Waals surface area contributed by atoms with Crippen molar-refractivity contribution in [2.45, 2.75) is 20.8 Å². The Labute approximate surface area is 154 Å². The van der Waals surface area contributed by atoms with Gasteiger partial charge >= 0.3 is 0 Å². The summed E-state index contributed by atoms with van der Waals surface area (Å²) in [5, 5.41) is 3.78. The quantitative estimate of drug-likeness (QED) is 0.477. The van der Waals surface area contributed by atoms with Crippen LogP contribution in [0.3, 0.4) is 0 Å². The molecule has 0 fully saturated rings. The Morgan fingerprint density at radius 2 is 1.96 bits per heavy atom. The summed E-state index contributed by atoms with van der Waals surface area (Å²) < 4.78 is 11.4. The Bertz CT molecular complexity index is 1010. The molecule has 6 heteroatoms. The van der Waals surface area contributed by atoms with Gasteiger partial charge in [0, 0.05) is 20.8 Å². The molecule has 0 aliphatic rings. The van der Waals surface area contributed by atoms with Crippen LogP contribution in [-0.2, 0) is 4.79 Å². The highest BCUT2D eigenvalue weighted by Crippen LogP contribution is 2.28. The molecule has 2 N–H and O–H groups in total. The Morgan fingerprint density at radius 1 is 1.19 bits per heavy atom. The number of H-pyrrole nitrogens is 1. The minimum Gasteiger partial charge on any atom is -0.361 e. The molecule has 0 aliphatic carbocycles. The first kappa shape index (κ1) is 19.2. The zero-order valence-electron chi connectivity index (χ0n) is 15.4. The number of nitrogens with zero attached hydrogens (tertiary/aromatic N) is 2. The highest BCUT2D eigenvalue weighted by atomic mass is 19.1. The van der Waals surface area contributed by atoms with Crippen molar-refractivity contribution in [2.24, 2.45) is 0 Å². The average molecular weight is 358 g/mol. The van der Waals surface area contributed by atoms with Gasteiger partial charge in [-0.05, 0) is 59.3 Å². The Morgan fingerprint density at radius 3 is 2.69 bits per heavy atom. The molecule has 0 aliphatic heterocycles. The molecule has 0 spiro atoms. The number of nitrogens with one attached hydrogen (secondary N) is 2. The fourth-order valence-corrected chi connectivity index (χ4v) is 2.81. The van der Waals surface area contributed by atoms with Gasteiger partial charge in [0.2, 0.25) is 6.41 Å². The summed E-state index contributed by atoms with van der Waals surface area (Å²) in [6, 6.07) is 10.4. The number of anilines is 1. The van der Waals surface area contributed by atoms with Crippen LogP contribution >= 0.6 is 0 Å². The van der Waals surface area contributed by atoms with Gasteiger partial charge in [-0.25, -0.2) is 4.98 Å². The van der Waals surface area contributed by atoms with E-state index in [0.29, 0.717) is 19.4 Å². The van der Waals surface area contributed by atoms with E-state index in [0.717, 1.165) is 16.7 Å². The first-order chi connectivity index (χ1) is 12.7. The van der Waals surface area contributed by atoms with Crippen LogP contribution in [0, 0.1) is 6.92 Å². The maximum atomic E-state index is 10.5. The van der Waals surface area contributed by atoms with Crippen LogP contribution in [-0.4, -0.2) is 28.0 Å². The van der Waals surface area contributed by atoms with Crippen LogP contribution in [0.25, 0.3) is 27.7 Å². The maximum absolute atomic E-state index is 10.5. The third-order valence-electron chi connectivity index (χ3n) is 3.87. The number of hydrogen-bond acceptors (Lipinski definition) is 2. The predicted molar refractivity (Wildman–Crippen MR) is 110 cm³/mol. The average Bonchev–Trinajstić information content (AvgIpc) is 3.29. The molecule has 5 nitrogen and oxygen atoms in total. The summed E-state index contributed by atoms with van der Waals surface area (Å²) in [7, 11) is 0.500. The molecule has 4 aromatic rings. The smallest absolute Gasteiger partial charge is 0.212 e. The molecule has 3 aromatic heterocycles. The number of carbonyl (C=O) groups excluding carboxylic acids is 1. The monoisotopic (exact) mass is 358 g/mol. The topological polar surface area (TPSA) is 62.2 Å². The number of amides is 1. The summed E-state index contributed by atoms with van der Waals surface area (Å²) in [6.45, 7) is 6.11. The van der Waals surface area contributed by atoms with Gasteiger partial charge in [-0.2, -0.15) is 0 Å². The third kappa shape index (κ3) is 3.74. The Balaban J connectivity index is 0.00000115. The molecule has 1 aromatic carbocycles. The Kier molecular flexibility index (Phi) is 6.49. The minimum absolute atomic E-state index is 0. The van der Waals surface area contributed by atoms with Gasteiger partial charge < -0.3 is 14.7 Å². The zero-order valence-corrected chi connectivity index (χ0v) is 15.4. The van der Waals surface area contributed by atoms with Gasteiger partial charge in [-0.1, -0.05) is 13.8 Å². The lowest BCUT2D eigenvalue weighted by atomic mass is 10.0.